The van der Waals surface area contributed by atoms with E-state index in [0.717, 1.165) is 12.8 Å². The zero-order chi connectivity index (χ0) is 15.1. The van der Waals surface area contributed by atoms with Gasteiger partial charge in [-0.1, -0.05) is 13.8 Å². The Morgan fingerprint density at radius 3 is 2.45 bits per heavy atom. The van der Waals surface area contributed by atoms with Crippen LogP contribution in [0.15, 0.2) is 18.2 Å². The van der Waals surface area contributed by atoms with E-state index >= 15 is 0 Å². The van der Waals surface area contributed by atoms with Gasteiger partial charge >= 0.3 is 0 Å². The Hall–Kier alpha value is -1.75. The van der Waals surface area contributed by atoms with Gasteiger partial charge < -0.3 is 21.1 Å². The maximum atomic E-state index is 12.7. The minimum Gasteiger partial charge on any atom is -0.399 e. The maximum Gasteiger partial charge on any atom is 0.256 e. The number of benzene rings is 1. The van der Waals surface area contributed by atoms with Crippen LogP contribution in [0.5, 0.6) is 0 Å². The van der Waals surface area contributed by atoms with Gasteiger partial charge in [0.1, 0.15) is 0 Å². The first-order valence-corrected chi connectivity index (χ1v) is 7.00. The normalized spacial score (nSPS) is 10.8. The Bertz CT molecular complexity index is 445. The van der Waals surface area contributed by atoms with Gasteiger partial charge in [-0.2, -0.15) is 0 Å². The molecule has 0 aliphatic carbocycles. The second kappa shape index (κ2) is 7.75. The van der Waals surface area contributed by atoms with Gasteiger partial charge in [-0.15, -0.1) is 0 Å². The summed E-state index contributed by atoms with van der Waals surface area (Å²) in [4.78, 5) is 14.5. The number of carbonyl (C=O) groups excluding carboxylic acids is 1. The molecule has 5 nitrogen and oxygen atoms in total. The summed E-state index contributed by atoms with van der Waals surface area (Å²) >= 11 is 0. The zero-order valence-electron chi connectivity index (χ0n) is 12.6. The number of rotatable bonds is 7. The molecule has 1 rings (SSSR count). The smallest absolute Gasteiger partial charge is 0.256 e. The molecule has 0 atom stereocenters. The van der Waals surface area contributed by atoms with Gasteiger partial charge in [0.15, 0.2) is 0 Å². The van der Waals surface area contributed by atoms with Crippen molar-refractivity contribution >= 4 is 17.3 Å². The summed E-state index contributed by atoms with van der Waals surface area (Å²) in [6, 6.07) is 5.20. The third-order valence-electron chi connectivity index (χ3n) is 3.49. The molecule has 0 saturated heterocycles. The molecule has 4 N–H and O–H groups in total. The first-order chi connectivity index (χ1) is 9.54. The molecule has 1 aromatic rings. The molecule has 0 spiro atoms. The lowest BCUT2D eigenvalue weighted by Gasteiger charge is -2.31. The van der Waals surface area contributed by atoms with Crippen molar-refractivity contribution in [1.29, 1.82) is 0 Å². The van der Waals surface area contributed by atoms with Gasteiger partial charge in [0, 0.05) is 31.1 Å². The van der Waals surface area contributed by atoms with Gasteiger partial charge in [0.25, 0.3) is 5.91 Å². The lowest BCUT2D eigenvalue weighted by Crippen LogP contribution is -2.42. The van der Waals surface area contributed by atoms with E-state index in [2.05, 4.69) is 13.8 Å². The van der Waals surface area contributed by atoms with E-state index in [-0.39, 0.29) is 11.9 Å². The third kappa shape index (κ3) is 3.87. The summed E-state index contributed by atoms with van der Waals surface area (Å²) in [6.45, 7) is 5.23. The first-order valence-electron chi connectivity index (χ1n) is 7.00. The molecule has 0 fully saturated rings. The van der Waals surface area contributed by atoms with Crippen LogP contribution < -0.4 is 11.5 Å². The van der Waals surface area contributed by atoms with Crippen molar-refractivity contribution in [3.8, 4) is 0 Å². The Balaban J connectivity index is 3.02. The van der Waals surface area contributed by atoms with E-state index in [1.807, 2.05) is 4.90 Å². The summed E-state index contributed by atoms with van der Waals surface area (Å²) in [6.07, 6.45) is 1.81. The Labute approximate surface area is 120 Å². The average molecular weight is 279 g/mol. The lowest BCUT2D eigenvalue weighted by atomic mass is 10.1. The highest BCUT2D eigenvalue weighted by Crippen LogP contribution is 2.20. The molecule has 1 amide bonds. The molecule has 5 heteroatoms. The van der Waals surface area contributed by atoms with Crippen molar-refractivity contribution < 1.29 is 9.53 Å². The average Bonchev–Trinajstić information content (AvgIpc) is 2.43. The SMILES string of the molecule is CCC(CC)N(CCOC)C(=O)c1ccc(N)cc1N. The number of ether oxygens (including phenoxy) is 1. The molecular weight excluding hydrogens is 254 g/mol. The quantitative estimate of drug-likeness (QED) is 0.749. The number of amides is 1. The fourth-order valence-electron chi connectivity index (χ4n) is 2.30. The summed E-state index contributed by atoms with van der Waals surface area (Å²) in [7, 11) is 1.63. The summed E-state index contributed by atoms with van der Waals surface area (Å²) in [5.74, 6) is -0.0618. The number of anilines is 2. The third-order valence-corrected chi connectivity index (χ3v) is 3.49. The summed E-state index contributed by atoms with van der Waals surface area (Å²) < 4.78 is 5.10. The van der Waals surface area contributed by atoms with E-state index in [9.17, 15) is 4.79 Å². The van der Waals surface area contributed by atoms with Crippen molar-refractivity contribution in [3.05, 3.63) is 23.8 Å². The fraction of sp³-hybridized carbons (Fsp3) is 0.533. The molecule has 0 radical (unpaired) electrons. The van der Waals surface area contributed by atoms with E-state index in [1.54, 1.807) is 25.3 Å². The molecular formula is C15H25N3O2. The fourth-order valence-corrected chi connectivity index (χ4v) is 2.30. The van der Waals surface area contributed by atoms with Crippen molar-refractivity contribution in [1.82, 2.24) is 4.90 Å². The number of nitrogens with two attached hydrogens (primary N) is 2. The van der Waals surface area contributed by atoms with Crippen LogP contribution in [0.4, 0.5) is 11.4 Å². The lowest BCUT2D eigenvalue weighted by molar-refractivity contribution is 0.0590. The Kier molecular flexibility index (Phi) is 6.31. The Morgan fingerprint density at radius 2 is 1.95 bits per heavy atom. The van der Waals surface area contributed by atoms with Crippen LogP contribution >= 0.6 is 0 Å². The molecule has 0 unspecified atom stereocenters. The molecule has 0 heterocycles. The monoisotopic (exact) mass is 279 g/mol. The topological polar surface area (TPSA) is 81.6 Å². The minimum atomic E-state index is -0.0618. The predicted octanol–water partition coefficient (Wildman–Crippen LogP) is 2.13. The second-order valence-electron chi connectivity index (χ2n) is 4.81. The van der Waals surface area contributed by atoms with Crippen molar-refractivity contribution in [3.63, 3.8) is 0 Å². The molecule has 0 saturated carbocycles. The molecule has 0 aromatic heterocycles. The molecule has 112 valence electrons. The molecule has 0 aliphatic rings. The van der Waals surface area contributed by atoms with E-state index in [1.165, 1.54) is 0 Å². The standard InChI is InChI=1S/C15H25N3O2/c1-4-12(5-2)18(8-9-20-3)15(19)13-7-6-11(16)10-14(13)17/h6-7,10,12H,4-5,8-9,16-17H2,1-3H3. The number of carbonyl (C=O) groups is 1. The van der Waals surface area contributed by atoms with Crippen LogP contribution in [0.25, 0.3) is 0 Å². The number of nitrogen functional groups attached to an aromatic ring is 2. The Morgan fingerprint density at radius 1 is 1.30 bits per heavy atom. The van der Waals surface area contributed by atoms with Crippen molar-refractivity contribution in [2.75, 3.05) is 31.7 Å². The van der Waals surface area contributed by atoms with Crippen LogP contribution in [0, 0.1) is 0 Å². The molecule has 0 aliphatic heterocycles. The zero-order valence-corrected chi connectivity index (χ0v) is 12.6. The van der Waals surface area contributed by atoms with Gasteiger partial charge in [-0.25, -0.2) is 0 Å². The highest BCUT2D eigenvalue weighted by molar-refractivity contribution is 5.99. The highest BCUT2D eigenvalue weighted by atomic mass is 16.5. The van der Waals surface area contributed by atoms with Crippen LogP contribution in [-0.4, -0.2) is 37.1 Å². The highest BCUT2D eigenvalue weighted by Gasteiger charge is 2.23. The number of methoxy groups -OCH3 is 1. The molecule has 1 aromatic carbocycles. The second-order valence-corrected chi connectivity index (χ2v) is 4.81. The van der Waals surface area contributed by atoms with Crippen molar-refractivity contribution in [2.24, 2.45) is 0 Å². The van der Waals surface area contributed by atoms with Crippen LogP contribution in [0.2, 0.25) is 0 Å². The largest absolute Gasteiger partial charge is 0.399 e. The van der Waals surface area contributed by atoms with Gasteiger partial charge in [0.2, 0.25) is 0 Å². The van der Waals surface area contributed by atoms with E-state index < -0.39 is 0 Å². The number of hydrogen-bond acceptors (Lipinski definition) is 4. The number of nitrogens with zero attached hydrogens (tertiary/aromatic N) is 1. The van der Waals surface area contributed by atoms with Crippen LogP contribution in [-0.2, 0) is 4.74 Å². The van der Waals surface area contributed by atoms with E-state index in [4.69, 9.17) is 16.2 Å². The van der Waals surface area contributed by atoms with Crippen LogP contribution in [0.3, 0.4) is 0 Å². The number of hydrogen-bond donors (Lipinski definition) is 2. The maximum absolute atomic E-state index is 12.7. The van der Waals surface area contributed by atoms with Gasteiger partial charge in [0.05, 0.1) is 12.2 Å². The van der Waals surface area contributed by atoms with Gasteiger partial charge in [-0.05, 0) is 31.0 Å². The summed E-state index contributed by atoms with van der Waals surface area (Å²) in [5, 5.41) is 0. The minimum absolute atomic E-state index is 0.0618. The predicted molar refractivity (Wildman–Crippen MR) is 82.5 cm³/mol. The molecule has 0 bridgehead atoms. The summed E-state index contributed by atoms with van der Waals surface area (Å²) in [5.41, 5.74) is 13.1. The van der Waals surface area contributed by atoms with Crippen LogP contribution in [0.1, 0.15) is 37.0 Å². The van der Waals surface area contributed by atoms with E-state index in [0.29, 0.717) is 30.1 Å². The first kappa shape index (κ1) is 16.3. The van der Waals surface area contributed by atoms with Gasteiger partial charge in [-0.3, -0.25) is 4.79 Å². The van der Waals surface area contributed by atoms with Crippen molar-refractivity contribution in [2.45, 2.75) is 32.7 Å². The molecule has 20 heavy (non-hydrogen) atoms.